The number of likely N-dealkylation sites (tertiary alicyclic amines) is 1. The molecule has 0 unspecified atom stereocenters. The normalized spacial score (nSPS) is 22.9. The molecule has 24 heavy (non-hydrogen) atoms. The number of hydrogen-bond donors (Lipinski definition) is 0. The molecule has 1 saturated carbocycles. The topological polar surface area (TPSA) is 41.4 Å². The predicted molar refractivity (Wildman–Crippen MR) is 92.7 cm³/mol. The van der Waals surface area contributed by atoms with Gasteiger partial charge >= 0.3 is 0 Å². The smallest absolute Gasteiger partial charge is 0.236 e. The molecule has 2 atom stereocenters. The lowest BCUT2D eigenvalue weighted by Gasteiger charge is -2.28. The molecule has 2 heterocycles. The Hall–Kier alpha value is -2.14. The minimum absolute atomic E-state index is 0.204. The van der Waals surface area contributed by atoms with Crippen LogP contribution in [0.3, 0.4) is 0 Å². The summed E-state index contributed by atoms with van der Waals surface area (Å²) in [6.07, 6.45) is 7.75. The molecule has 126 valence electrons. The van der Waals surface area contributed by atoms with Gasteiger partial charge in [-0.1, -0.05) is 18.2 Å². The summed E-state index contributed by atoms with van der Waals surface area (Å²) < 4.78 is 1.85. The van der Waals surface area contributed by atoms with Crippen LogP contribution < -0.4 is 0 Å². The van der Waals surface area contributed by atoms with Crippen LogP contribution in [0.15, 0.2) is 42.7 Å². The van der Waals surface area contributed by atoms with Crippen molar-refractivity contribution < 1.29 is 4.79 Å². The summed E-state index contributed by atoms with van der Waals surface area (Å²) in [5.41, 5.74) is 2.09. The van der Waals surface area contributed by atoms with E-state index in [-0.39, 0.29) is 5.91 Å². The molecule has 0 radical (unpaired) electrons. The lowest BCUT2D eigenvalue weighted by atomic mass is 10.1. The molecule has 0 N–H and O–H groups in total. The summed E-state index contributed by atoms with van der Waals surface area (Å²) in [6.45, 7) is 2.27. The van der Waals surface area contributed by atoms with E-state index in [0.29, 0.717) is 19.1 Å². The van der Waals surface area contributed by atoms with Crippen LogP contribution in [-0.4, -0.2) is 51.7 Å². The summed E-state index contributed by atoms with van der Waals surface area (Å²) in [4.78, 5) is 16.7. The van der Waals surface area contributed by atoms with Crippen molar-refractivity contribution in [2.45, 2.75) is 31.8 Å². The fraction of sp³-hybridized carbons (Fsp3) is 0.474. The molecule has 5 nitrogen and oxygen atoms in total. The van der Waals surface area contributed by atoms with Gasteiger partial charge in [-0.2, -0.15) is 5.10 Å². The Kier molecular flexibility index (Phi) is 4.10. The average molecular weight is 324 g/mol. The van der Waals surface area contributed by atoms with E-state index in [4.69, 9.17) is 0 Å². The molecule has 5 heteroatoms. The van der Waals surface area contributed by atoms with Crippen molar-refractivity contribution in [2.24, 2.45) is 5.92 Å². The van der Waals surface area contributed by atoms with E-state index >= 15 is 0 Å². The van der Waals surface area contributed by atoms with E-state index in [0.717, 1.165) is 23.7 Å². The highest BCUT2D eigenvalue weighted by atomic mass is 16.2. The van der Waals surface area contributed by atoms with Gasteiger partial charge in [0, 0.05) is 37.9 Å². The molecule has 1 aromatic heterocycles. The molecule has 4 rings (SSSR count). The van der Waals surface area contributed by atoms with Crippen molar-refractivity contribution in [1.82, 2.24) is 19.6 Å². The minimum Gasteiger partial charge on any atom is -0.340 e. The molecule has 1 amide bonds. The number of benzene rings is 1. The molecule has 0 spiro atoms. The lowest BCUT2D eigenvalue weighted by molar-refractivity contribution is -0.132. The number of hydrogen-bond acceptors (Lipinski definition) is 3. The van der Waals surface area contributed by atoms with Crippen LogP contribution >= 0.6 is 0 Å². The highest BCUT2D eigenvalue weighted by Crippen LogP contribution is 2.37. The maximum Gasteiger partial charge on any atom is 0.236 e. The highest BCUT2D eigenvalue weighted by molar-refractivity contribution is 5.78. The van der Waals surface area contributed by atoms with Gasteiger partial charge < -0.3 is 4.90 Å². The van der Waals surface area contributed by atoms with Crippen molar-refractivity contribution >= 4 is 5.91 Å². The fourth-order valence-corrected chi connectivity index (χ4v) is 4.04. The maximum absolute atomic E-state index is 12.5. The molecular weight excluding hydrogens is 300 g/mol. The van der Waals surface area contributed by atoms with Crippen LogP contribution in [0, 0.1) is 5.92 Å². The molecule has 1 saturated heterocycles. The number of aromatic nitrogens is 2. The van der Waals surface area contributed by atoms with E-state index in [2.05, 4.69) is 10.00 Å². The number of amides is 1. The van der Waals surface area contributed by atoms with Gasteiger partial charge in [-0.25, -0.2) is 4.68 Å². The number of rotatable bonds is 5. The Morgan fingerprint density at radius 1 is 1.29 bits per heavy atom. The first-order chi connectivity index (χ1) is 11.7. The molecule has 2 bridgehead atoms. The first-order valence-corrected chi connectivity index (χ1v) is 8.76. The summed E-state index contributed by atoms with van der Waals surface area (Å²) in [5, 5.41) is 4.40. The van der Waals surface area contributed by atoms with Crippen LogP contribution in [0.5, 0.6) is 0 Å². The Bertz CT molecular complexity index is 711. The van der Waals surface area contributed by atoms with Crippen LogP contribution in [-0.2, 0) is 11.3 Å². The molecule has 2 fully saturated rings. The number of piperidine rings is 1. The predicted octanol–water partition coefficient (Wildman–Crippen LogP) is 2.32. The van der Waals surface area contributed by atoms with E-state index < -0.39 is 0 Å². The Morgan fingerprint density at radius 3 is 2.83 bits per heavy atom. The van der Waals surface area contributed by atoms with E-state index in [1.54, 1.807) is 0 Å². The maximum atomic E-state index is 12.5. The van der Waals surface area contributed by atoms with Gasteiger partial charge in [-0.15, -0.1) is 0 Å². The summed E-state index contributed by atoms with van der Waals surface area (Å²) >= 11 is 0. The monoisotopic (exact) mass is 324 g/mol. The largest absolute Gasteiger partial charge is 0.340 e. The summed E-state index contributed by atoms with van der Waals surface area (Å²) in [6, 6.07) is 10.7. The first-order valence-electron chi connectivity index (χ1n) is 8.76. The van der Waals surface area contributed by atoms with Crippen LogP contribution in [0.4, 0.5) is 0 Å². The number of fused-ring (bicyclic) bond motifs is 2. The van der Waals surface area contributed by atoms with Crippen molar-refractivity contribution in [1.29, 1.82) is 0 Å². The second kappa shape index (κ2) is 6.40. The average Bonchev–Trinajstić information content (AvgIpc) is 3.32. The summed E-state index contributed by atoms with van der Waals surface area (Å²) in [7, 11) is 1.89. The standard InChI is InChI=1S/C19H24N4O/c1-21(19(24)14-22-12-15-7-8-18(22)9-15)11-16-10-20-23(13-16)17-5-3-2-4-6-17/h2-6,10,13,15,18H,7-9,11-12,14H2,1H3/t15-,18+/m1/s1. The Labute approximate surface area is 142 Å². The number of likely N-dealkylation sites (N-methyl/N-ethyl adjacent to an activating group) is 1. The van der Waals surface area contributed by atoms with Gasteiger partial charge in [-0.05, 0) is 37.3 Å². The molecule has 1 aliphatic heterocycles. The van der Waals surface area contributed by atoms with Gasteiger partial charge in [0.2, 0.25) is 5.91 Å². The third kappa shape index (κ3) is 3.08. The quantitative estimate of drug-likeness (QED) is 0.847. The third-order valence-corrected chi connectivity index (χ3v) is 5.36. The van der Waals surface area contributed by atoms with Crippen LogP contribution in [0.1, 0.15) is 24.8 Å². The summed E-state index contributed by atoms with van der Waals surface area (Å²) in [5.74, 6) is 1.03. The Morgan fingerprint density at radius 2 is 2.12 bits per heavy atom. The molecule has 2 aromatic rings. The second-order valence-corrected chi connectivity index (χ2v) is 7.14. The number of nitrogens with zero attached hydrogens (tertiary/aromatic N) is 4. The molecule has 2 aliphatic rings. The van der Waals surface area contributed by atoms with Crippen molar-refractivity contribution in [3.05, 3.63) is 48.3 Å². The number of para-hydroxylation sites is 1. The zero-order chi connectivity index (χ0) is 16.5. The Balaban J connectivity index is 1.35. The van der Waals surface area contributed by atoms with Crippen molar-refractivity contribution in [2.75, 3.05) is 20.1 Å². The van der Waals surface area contributed by atoms with E-state index in [1.807, 2.05) is 59.4 Å². The van der Waals surface area contributed by atoms with E-state index in [1.165, 1.54) is 19.3 Å². The van der Waals surface area contributed by atoms with Gasteiger partial charge in [0.1, 0.15) is 0 Å². The van der Waals surface area contributed by atoms with Gasteiger partial charge in [-0.3, -0.25) is 9.69 Å². The number of carbonyl (C=O) groups excluding carboxylic acids is 1. The highest BCUT2D eigenvalue weighted by Gasteiger charge is 2.38. The third-order valence-electron chi connectivity index (χ3n) is 5.36. The zero-order valence-electron chi connectivity index (χ0n) is 14.1. The minimum atomic E-state index is 0.204. The van der Waals surface area contributed by atoms with Crippen molar-refractivity contribution in [3.63, 3.8) is 0 Å². The van der Waals surface area contributed by atoms with Crippen molar-refractivity contribution in [3.8, 4) is 5.69 Å². The zero-order valence-corrected chi connectivity index (χ0v) is 14.1. The van der Waals surface area contributed by atoms with Gasteiger partial charge in [0.05, 0.1) is 18.4 Å². The second-order valence-electron chi connectivity index (χ2n) is 7.14. The molecule has 1 aliphatic carbocycles. The first kappa shape index (κ1) is 15.4. The van der Waals surface area contributed by atoms with Crippen LogP contribution in [0.25, 0.3) is 5.69 Å². The van der Waals surface area contributed by atoms with Gasteiger partial charge in [0.25, 0.3) is 0 Å². The van der Waals surface area contributed by atoms with Gasteiger partial charge in [0.15, 0.2) is 0 Å². The van der Waals surface area contributed by atoms with Crippen LogP contribution in [0.2, 0.25) is 0 Å². The van der Waals surface area contributed by atoms with E-state index in [9.17, 15) is 4.79 Å². The fourth-order valence-electron chi connectivity index (χ4n) is 4.04. The SMILES string of the molecule is CN(Cc1cnn(-c2ccccc2)c1)C(=O)CN1C[C@@H]2CC[C@H]1C2. The number of carbonyl (C=O) groups is 1. The molecule has 1 aromatic carbocycles. The lowest BCUT2D eigenvalue weighted by Crippen LogP contribution is -2.41. The molecular formula is C19H24N4O.